The van der Waals surface area contributed by atoms with Gasteiger partial charge in [0.25, 0.3) is 5.91 Å². The van der Waals surface area contributed by atoms with Crippen LogP contribution in [0.3, 0.4) is 0 Å². The van der Waals surface area contributed by atoms with Crippen LogP contribution in [0.25, 0.3) is 0 Å². The van der Waals surface area contributed by atoms with Gasteiger partial charge in [0.05, 0.1) is 18.1 Å². The predicted molar refractivity (Wildman–Crippen MR) is 84.3 cm³/mol. The van der Waals surface area contributed by atoms with Crippen LogP contribution in [0.1, 0.15) is 22.3 Å². The Morgan fingerprint density at radius 2 is 2.04 bits per heavy atom. The zero-order valence-electron chi connectivity index (χ0n) is 12.8. The minimum atomic E-state index is -4.53. The molecule has 1 unspecified atom stereocenters. The van der Waals surface area contributed by atoms with Crippen LogP contribution in [-0.2, 0) is 11.0 Å². The van der Waals surface area contributed by atoms with Crippen LogP contribution in [0.2, 0.25) is 0 Å². The lowest BCUT2D eigenvalue weighted by molar-refractivity contribution is -0.137. The van der Waals surface area contributed by atoms with Crippen LogP contribution >= 0.6 is 11.8 Å². The summed E-state index contributed by atoms with van der Waals surface area (Å²) in [4.78, 5) is 23.8. The van der Waals surface area contributed by atoms with Gasteiger partial charge in [0.1, 0.15) is 5.25 Å². The third kappa shape index (κ3) is 6.12. The Labute approximate surface area is 141 Å². The highest BCUT2D eigenvalue weighted by molar-refractivity contribution is 7.99. The SMILES string of the molecule is CSC(CNC(=O)c1cccc(C(F)(F)F)c1)C(=O)NCCC#N. The molecule has 0 aliphatic rings. The van der Waals surface area contributed by atoms with Gasteiger partial charge in [-0.05, 0) is 24.5 Å². The van der Waals surface area contributed by atoms with Crippen molar-refractivity contribution >= 4 is 23.6 Å². The van der Waals surface area contributed by atoms with E-state index >= 15 is 0 Å². The molecule has 0 fully saturated rings. The van der Waals surface area contributed by atoms with Gasteiger partial charge in [-0.3, -0.25) is 9.59 Å². The number of hydrogen-bond donors (Lipinski definition) is 2. The smallest absolute Gasteiger partial charge is 0.354 e. The number of amides is 2. The number of thioether (sulfide) groups is 1. The van der Waals surface area contributed by atoms with Crippen molar-refractivity contribution in [3.8, 4) is 6.07 Å². The average molecular weight is 359 g/mol. The summed E-state index contributed by atoms with van der Waals surface area (Å²) in [5.74, 6) is -1.04. The number of nitriles is 1. The number of rotatable bonds is 7. The lowest BCUT2D eigenvalue weighted by atomic mass is 10.1. The molecule has 1 aromatic carbocycles. The van der Waals surface area contributed by atoms with Gasteiger partial charge < -0.3 is 10.6 Å². The molecule has 130 valence electrons. The van der Waals surface area contributed by atoms with Crippen molar-refractivity contribution < 1.29 is 22.8 Å². The van der Waals surface area contributed by atoms with Crippen LogP contribution in [-0.4, -0.2) is 36.4 Å². The molecule has 0 bridgehead atoms. The molecule has 0 aliphatic heterocycles. The summed E-state index contributed by atoms with van der Waals surface area (Å²) < 4.78 is 37.9. The maximum Gasteiger partial charge on any atom is 0.416 e. The number of halogens is 3. The minimum Gasteiger partial charge on any atom is -0.354 e. The maximum atomic E-state index is 12.6. The molecule has 0 spiro atoms. The van der Waals surface area contributed by atoms with Crippen molar-refractivity contribution in [3.05, 3.63) is 35.4 Å². The quantitative estimate of drug-likeness (QED) is 0.731. The van der Waals surface area contributed by atoms with Crippen LogP contribution in [0.5, 0.6) is 0 Å². The van der Waals surface area contributed by atoms with Crippen LogP contribution in [0.15, 0.2) is 24.3 Å². The Morgan fingerprint density at radius 3 is 2.62 bits per heavy atom. The number of benzene rings is 1. The van der Waals surface area contributed by atoms with Crippen molar-refractivity contribution in [2.75, 3.05) is 19.3 Å². The Morgan fingerprint density at radius 1 is 1.33 bits per heavy atom. The molecule has 0 saturated carbocycles. The van der Waals surface area contributed by atoms with Crippen LogP contribution < -0.4 is 10.6 Å². The second-order valence-corrected chi connectivity index (χ2v) is 5.75. The first-order valence-corrected chi connectivity index (χ1v) is 8.21. The van der Waals surface area contributed by atoms with E-state index in [9.17, 15) is 22.8 Å². The number of carbonyl (C=O) groups excluding carboxylic acids is 2. The highest BCUT2D eigenvalue weighted by atomic mass is 32.2. The van der Waals surface area contributed by atoms with Gasteiger partial charge in [0.15, 0.2) is 0 Å². The second-order valence-electron chi connectivity index (χ2n) is 4.71. The van der Waals surface area contributed by atoms with E-state index in [2.05, 4.69) is 10.6 Å². The molecule has 0 saturated heterocycles. The largest absolute Gasteiger partial charge is 0.416 e. The van der Waals surface area contributed by atoms with Gasteiger partial charge in [0.2, 0.25) is 5.91 Å². The molecular weight excluding hydrogens is 343 g/mol. The number of carbonyl (C=O) groups is 2. The van der Waals surface area contributed by atoms with Crippen LogP contribution in [0.4, 0.5) is 13.2 Å². The highest BCUT2D eigenvalue weighted by Crippen LogP contribution is 2.29. The molecular formula is C15H16F3N3O2S. The van der Waals surface area contributed by atoms with E-state index in [0.29, 0.717) is 0 Å². The maximum absolute atomic E-state index is 12.6. The van der Waals surface area contributed by atoms with Crippen molar-refractivity contribution in [2.45, 2.75) is 17.8 Å². The number of nitrogens with zero attached hydrogens (tertiary/aromatic N) is 1. The molecule has 1 aromatic rings. The third-order valence-electron chi connectivity index (χ3n) is 3.01. The molecule has 5 nitrogen and oxygen atoms in total. The molecule has 0 aromatic heterocycles. The van der Waals surface area contributed by atoms with E-state index < -0.39 is 22.9 Å². The van der Waals surface area contributed by atoms with E-state index in [4.69, 9.17) is 5.26 Å². The molecule has 2 amide bonds. The molecule has 1 atom stereocenters. The predicted octanol–water partition coefficient (Wildman–Crippen LogP) is 2.20. The zero-order valence-corrected chi connectivity index (χ0v) is 13.6. The number of nitrogens with one attached hydrogen (secondary N) is 2. The third-order valence-corrected chi connectivity index (χ3v) is 3.96. The van der Waals surface area contributed by atoms with Gasteiger partial charge in [-0.2, -0.15) is 30.2 Å². The molecule has 24 heavy (non-hydrogen) atoms. The Hall–Kier alpha value is -2.21. The van der Waals surface area contributed by atoms with Gasteiger partial charge in [-0.25, -0.2) is 0 Å². The summed E-state index contributed by atoms with van der Waals surface area (Å²) in [7, 11) is 0. The van der Waals surface area contributed by atoms with Gasteiger partial charge in [0, 0.05) is 18.7 Å². The number of alkyl halides is 3. The summed E-state index contributed by atoms with van der Waals surface area (Å²) in [5.41, 5.74) is -1.04. The van der Waals surface area contributed by atoms with E-state index in [0.717, 1.165) is 18.2 Å². The van der Waals surface area contributed by atoms with Gasteiger partial charge in [-0.1, -0.05) is 6.07 Å². The summed E-state index contributed by atoms with van der Waals surface area (Å²) in [6.45, 7) is 0.169. The fourth-order valence-electron chi connectivity index (χ4n) is 1.76. The molecule has 0 radical (unpaired) electrons. The monoisotopic (exact) mass is 359 g/mol. The number of hydrogen-bond acceptors (Lipinski definition) is 4. The molecule has 0 heterocycles. The molecule has 2 N–H and O–H groups in total. The lowest BCUT2D eigenvalue weighted by Crippen LogP contribution is -2.41. The standard InChI is InChI=1S/C15H16F3N3O2S/c1-24-12(14(23)20-7-3-6-19)9-21-13(22)10-4-2-5-11(8-10)15(16,17)18/h2,4-5,8,12H,3,7,9H2,1H3,(H,20,23)(H,21,22). The van der Waals surface area contributed by atoms with Crippen molar-refractivity contribution in [2.24, 2.45) is 0 Å². The zero-order chi connectivity index (χ0) is 18.2. The van der Waals surface area contributed by atoms with E-state index in [1.54, 1.807) is 6.26 Å². The lowest BCUT2D eigenvalue weighted by Gasteiger charge is -2.15. The second kappa shape index (κ2) is 9.17. The van der Waals surface area contributed by atoms with E-state index in [1.165, 1.54) is 17.8 Å². The molecule has 9 heteroatoms. The fourth-order valence-corrected chi connectivity index (χ4v) is 2.31. The summed E-state index contributed by atoms with van der Waals surface area (Å²) >= 11 is 1.19. The summed E-state index contributed by atoms with van der Waals surface area (Å²) in [5, 5.41) is 12.8. The normalized spacial score (nSPS) is 12.1. The summed E-state index contributed by atoms with van der Waals surface area (Å²) in [6.07, 6.45) is -2.69. The fraction of sp³-hybridized carbons (Fsp3) is 0.400. The first kappa shape index (κ1) is 19.8. The van der Waals surface area contributed by atoms with Crippen molar-refractivity contribution in [1.29, 1.82) is 5.26 Å². The Kier molecular flexibility index (Phi) is 7.58. The average Bonchev–Trinajstić information content (AvgIpc) is 2.54. The highest BCUT2D eigenvalue weighted by Gasteiger charge is 2.31. The Balaban J connectivity index is 2.64. The van der Waals surface area contributed by atoms with Crippen LogP contribution in [0, 0.1) is 11.3 Å². The molecule has 1 rings (SSSR count). The van der Waals surface area contributed by atoms with E-state index in [1.807, 2.05) is 6.07 Å². The minimum absolute atomic E-state index is 0.0331. The topological polar surface area (TPSA) is 82.0 Å². The van der Waals surface area contributed by atoms with E-state index in [-0.39, 0.29) is 31.0 Å². The summed E-state index contributed by atoms with van der Waals surface area (Å²) in [6, 6.07) is 5.95. The van der Waals surface area contributed by atoms with Gasteiger partial charge in [-0.15, -0.1) is 0 Å². The Bertz CT molecular complexity index is 629. The first-order chi connectivity index (χ1) is 11.3. The first-order valence-electron chi connectivity index (χ1n) is 6.92. The van der Waals surface area contributed by atoms with Gasteiger partial charge >= 0.3 is 6.18 Å². The van der Waals surface area contributed by atoms with Crippen molar-refractivity contribution in [3.63, 3.8) is 0 Å². The van der Waals surface area contributed by atoms with Crippen molar-refractivity contribution in [1.82, 2.24) is 10.6 Å². The molecule has 0 aliphatic carbocycles.